The second kappa shape index (κ2) is 7.41. The van der Waals surface area contributed by atoms with Gasteiger partial charge >= 0.3 is 0 Å². The van der Waals surface area contributed by atoms with E-state index in [1.54, 1.807) is 19.2 Å². The lowest BCUT2D eigenvalue weighted by Crippen LogP contribution is -2.42. The second-order valence-electron chi connectivity index (χ2n) is 4.72. The highest BCUT2D eigenvalue weighted by atomic mass is 16.5. The summed E-state index contributed by atoms with van der Waals surface area (Å²) in [6, 6.07) is 7.21. The molecule has 0 aromatic heterocycles. The van der Waals surface area contributed by atoms with Crippen LogP contribution in [0.4, 0.5) is 0 Å². The Morgan fingerprint density at radius 3 is 2.21 bits per heavy atom. The molecule has 0 unspecified atom stereocenters. The summed E-state index contributed by atoms with van der Waals surface area (Å²) in [4.78, 5) is 23.0. The molecule has 0 radical (unpaired) electrons. The minimum absolute atomic E-state index is 0.182. The smallest absolute Gasteiger partial charge is 0.242 e. The van der Waals surface area contributed by atoms with Gasteiger partial charge in [-0.25, -0.2) is 0 Å². The van der Waals surface area contributed by atoms with Gasteiger partial charge in [-0.05, 0) is 23.6 Å². The predicted molar refractivity (Wildman–Crippen MR) is 72.4 cm³/mol. The fourth-order valence-corrected chi connectivity index (χ4v) is 1.53. The molecule has 1 rings (SSSR count). The number of methoxy groups -OCH3 is 1. The number of carbonyl (C=O) groups is 2. The Morgan fingerprint density at radius 1 is 1.11 bits per heavy atom. The van der Waals surface area contributed by atoms with Crippen LogP contribution in [-0.4, -0.2) is 18.9 Å². The number of ether oxygens (including phenoxy) is 1. The first-order chi connectivity index (χ1) is 9.01. The van der Waals surface area contributed by atoms with Gasteiger partial charge in [0.25, 0.3) is 0 Å². The first-order valence-corrected chi connectivity index (χ1v) is 6.22. The molecule has 2 amide bonds. The van der Waals surface area contributed by atoms with Gasteiger partial charge in [0.1, 0.15) is 5.75 Å². The molecule has 0 fully saturated rings. The van der Waals surface area contributed by atoms with Crippen LogP contribution in [0.2, 0.25) is 0 Å². The highest BCUT2D eigenvalue weighted by Crippen LogP contribution is 2.11. The summed E-state index contributed by atoms with van der Waals surface area (Å²) < 4.78 is 5.03. The van der Waals surface area contributed by atoms with E-state index in [0.717, 1.165) is 11.3 Å². The summed E-state index contributed by atoms with van der Waals surface area (Å²) in [5.41, 5.74) is 5.65. The molecule has 0 saturated carbocycles. The average molecular weight is 264 g/mol. The summed E-state index contributed by atoms with van der Waals surface area (Å²) in [7, 11) is 1.59. The lowest BCUT2D eigenvalue weighted by atomic mass is 10.1. The van der Waals surface area contributed by atoms with Crippen LogP contribution < -0.4 is 15.6 Å². The highest BCUT2D eigenvalue weighted by Gasteiger charge is 2.07. The topological polar surface area (TPSA) is 67.4 Å². The van der Waals surface area contributed by atoms with Gasteiger partial charge in [0.15, 0.2) is 0 Å². The normalized spacial score (nSPS) is 10.1. The van der Waals surface area contributed by atoms with Crippen molar-refractivity contribution in [2.24, 2.45) is 5.92 Å². The Bertz CT molecular complexity index is 427. The Hall–Kier alpha value is -2.04. The predicted octanol–water partition coefficient (Wildman–Crippen LogP) is 1.43. The van der Waals surface area contributed by atoms with Gasteiger partial charge in [0.2, 0.25) is 11.8 Å². The van der Waals surface area contributed by atoms with Crippen molar-refractivity contribution in [3.8, 4) is 5.75 Å². The van der Waals surface area contributed by atoms with Crippen molar-refractivity contribution in [3.05, 3.63) is 29.8 Å². The van der Waals surface area contributed by atoms with Crippen LogP contribution in [0, 0.1) is 5.92 Å². The largest absolute Gasteiger partial charge is 0.497 e. The zero-order chi connectivity index (χ0) is 14.3. The average Bonchev–Trinajstić information content (AvgIpc) is 2.36. The van der Waals surface area contributed by atoms with E-state index in [2.05, 4.69) is 10.9 Å². The molecule has 0 aliphatic heterocycles. The van der Waals surface area contributed by atoms with Gasteiger partial charge in [-0.15, -0.1) is 0 Å². The molecule has 5 nitrogen and oxygen atoms in total. The number of benzene rings is 1. The first kappa shape index (κ1) is 15.0. The molecule has 104 valence electrons. The molecule has 2 N–H and O–H groups in total. The van der Waals surface area contributed by atoms with Crippen LogP contribution in [0.3, 0.4) is 0 Å². The molecule has 1 aromatic rings. The summed E-state index contributed by atoms with van der Waals surface area (Å²) in [5.74, 6) is 0.577. The van der Waals surface area contributed by atoms with Gasteiger partial charge in [-0.2, -0.15) is 0 Å². The Balaban J connectivity index is 2.36. The third-order valence-electron chi connectivity index (χ3n) is 2.46. The summed E-state index contributed by atoms with van der Waals surface area (Å²) in [5, 5.41) is 0. The minimum atomic E-state index is -0.248. The molecule has 19 heavy (non-hydrogen) atoms. The van der Waals surface area contributed by atoms with Crippen molar-refractivity contribution >= 4 is 11.8 Å². The highest BCUT2D eigenvalue weighted by molar-refractivity contribution is 5.83. The standard InChI is InChI=1S/C14H20N2O3/c1-10(2)8-13(17)15-16-14(18)9-11-4-6-12(19-3)7-5-11/h4-7,10H,8-9H2,1-3H3,(H,15,17)(H,16,18). The van der Waals surface area contributed by atoms with Crippen LogP contribution in [0.25, 0.3) is 0 Å². The minimum Gasteiger partial charge on any atom is -0.497 e. The fourth-order valence-electron chi connectivity index (χ4n) is 1.53. The van der Waals surface area contributed by atoms with Crippen molar-refractivity contribution in [3.63, 3.8) is 0 Å². The van der Waals surface area contributed by atoms with Crippen molar-refractivity contribution in [1.29, 1.82) is 0 Å². The van der Waals surface area contributed by atoms with Gasteiger partial charge in [-0.3, -0.25) is 20.4 Å². The van der Waals surface area contributed by atoms with E-state index in [0.29, 0.717) is 6.42 Å². The molecule has 0 bridgehead atoms. The van der Waals surface area contributed by atoms with E-state index in [-0.39, 0.29) is 24.2 Å². The van der Waals surface area contributed by atoms with Crippen LogP contribution >= 0.6 is 0 Å². The van der Waals surface area contributed by atoms with E-state index >= 15 is 0 Å². The summed E-state index contributed by atoms with van der Waals surface area (Å²) >= 11 is 0. The Kier molecular flexibility index (Phi) is 5.85. The lowest BCUT2D eigenvalue weighted by molar-refractivity contribution is -0.129. The zero-order valence-corrected chi connectivity index (χ0v) is 11.5. The SMILES string of the molecule is COc1ccc(CC(=O)NNC(=O)CC(C)C)cc1. The van der Waals surface area contributed by atoms with Gasteiger partial charge in [0.05, 0.1) is 13.5 Å². The van der Waals surface area contributed by atoms with Gasteiger partial charge in [0, 0.05) is 6.42 Å². The fraction of sp³-hybridized carbons (Fsp3) is 0.429. The third-order valence-corrected chi connectivity index (χ3v) is 2.46. The maximum atomic E-state index is 11.6. The molecule has 0 heterocycles. The third kappa shape index (κ3) is 5.90. The molecule has 0 spiro atoms. The van der Waals surface area contributed by atoms with Crippen molar-refractivity contribution in [1.82, 2.24) is 10.9 Å². The van der Waals surface area contributed by atoms with E-state index in [9.17, 15) is 9.59 Å². The molecular weight excluding hydrogens is 244 g/mol. The zero-order valence-electron chi connectivity index (χ0n) is 11.5. The number of amides is 2. The Labute approximate surface area is 113 Å². The van der Waals surface area contributed by atoms with E-state index in [1.165, 1.54) is 0 Å². The van der Waals surface area contributed by atoms with Crippen molar-refractivity contribution in [2.75, 3.05) is 7.11 Å². The molecule has 0 saturated heterocycles. The molecule has 0 aliphatic carbocycles. The Morgan fingerprint density at radius 2 is 1.68 bits per heavy atom. The van der Waals surface area contributed by atoms with Gasteiger partial charge in [-0.1, -0.05) is 26.0 Å². The van der Waals surface area contributed by atoms with Crippen LogP contribution in [0.1, 0.15) is 25.8 Å². The number of nitrogens with one attached hydrogen (secondary N) is 2. The number of hydrogen-bond donors (Lipinski definition) is 2. The maximum absolute atomic E-state index is 11.6. The molecule has 5 heteroatoms. The number of hydrogen-bond acceptors (Lipinski definition) is 3. The number of carbonyl (C=O) groups excluding carboxylic acids is 2. The summed E-state index contributed by atoms with van der Waals surface area (Å²) in [6.45, 7) is 3.89. The first-order valence-electron chi connectivity index (χ1n) is 6.22. The molecular formula is C14H20N2O3. The van der Waals surface area contributed by atoms with Gasteiger partial charge < -0.3 is 4.74 Å². The van der Waals surface area contributed by atoms with Crippen LogP contribution in [-0.2, 0) is 16.0 Å². The second-order valence-corrected chi connectivity index (χ2v) is 4.72. The van der Waals surface area contributed by atoms with E-state index in [1.807, 2.05) is 26.0 Å². The van der Waals surface area contributed by atoms with Crippen LogP contribution in [0.15, 0.2) is 24.3 Å². The van der Waals surface area contributed by atoms with Crippen molar-refractivity contribution < 1.29 is 14.3 Å². The monoisotopic (exact) mass is 264 g/mol. The molecule has 1 aromatic carbocycles. The number of hydrazine groups is 1. The van der Waals surface area contributed by atoms with Crippen molar-refractivity contribution in [2.45, 2.75) is 26.7 Å². The molecule has 0 atom stereocenters. The lowest BCUT2D eigenvalue weighted by Gasteiger charge is -2.09. The number of rotatable bonds is 5. The quantitative estimate of drug-likeness (QED) is 0.791. The van der Waals surface area contributed by atoms with E-state index < -0.39 is 0 Å². The summed E-state index contributed by atoms with van der Waals surface area (Å²) in [6.07, 6.45) is 0.606. The van der Waals surface area contributed by atoms with E-state index in [4.69, 9.17) is 4.74 Å². The maximum Gasteiger partial charge on any atom is 0.242 e. The van der Waals surface area contributed by atoms with Crippen LogP contribution in [0.5, 0.6) is 5.75 Å². The molecule has 0 aliphatic rings.